The monoisotopic (exact) mass is 373 g/mol. The Balaban J connectivity index is 1.66. The van der Waals surface area contributed by atoms with Gasteiger partial charge in [-0.2, -0.15) is 0 Å². The number of benzene rings is 1. The maximum Gasteiger partial charge on any atom is 0.274 e. The van der Waals surface area contributed by atoms with Crippen molar-refractivity contribution in [3.63, 3.8) is 0 Å². The average Bonchev–Trinajstić information content (AvgIpc) is 2.58. The van der Waals surface area contributed by atoms with E-state index in [-0.39, 0.29) is 5.91 Å². The highest BCUT2D eigenvalue weighted by Crippen LogP contribution is 2.22. The predicted molar refractivity (Wildman–Crippen MR) is 96.8 cm³/mol. The zero-order chi connectivity index (χ0) is 16.1. The van der Waals surface area contributed by atoms with Crippen molar-refractivity contribution in [3.05, 3.63) is 52.8 Å². The minimum absolute atomic E-state index is 0.195. The Bertz CT molecular complexity index is 666. The first-order valence-electron chi connectivity index (χ1n) is 8.00. The van der Waals surface area contributed by atoms with Gasteiger partial charge in [-0.3, -0.25) is 9.78 Å². The Morgan fingerprint density at radius 2 is 1.78 bits per heavy atom. The maximum absolute atomic E-state index is 12.3. The first kappa shape index (κ1) is 16.0. The standard InChI is InChI=1S/C18H20BrN3O/c19-13-6-8-15(9-7-13)22-18(23)17-12-16(10-11-20-17)21-14-4-2-1-3-5-14/h6-12,14H,1-5H2,(H,20,21)(H,22,23). The van der Waals surface area contributed by atoms with Crippen molar-refractivity contribution in [1.82, 2.24) is 4.98 Å². The lowest BCUT2D eigenvalue weighted by Crippen LogP contribution is -2.22. The van der Waals surface area contributed by atoms with E-state index >= 15 is 0 Å². The summed E-state index contributed by atoms with van der Waals surface area (Å²) in [5, 5.41) is 6.39. The van der Waals surface area contributed by atoms with Gasteiger partial charge in [-0.15, -0.1) is 0 Å². The zero-order valence-electron chi connectivity index (χ0n) is 12.9. The molecule has 1 saturated carbocycles. The Morgan fingerprint density at radius 3 is 2.52 bits per heavy atom. The van der Waals surface area contributed by atoms with E-state index in [4.69, 9.17) is 0 Å². The summed E-state index contributed by atoms with van der Waals surface area (Å²) in [6.07, 6.45) is 7.96. The van der Waals surface area contributed by atoms with E-state index in [1.54, 1.807) is 6.20 Å². The van der Waals surface area contributed by atoms with Gasteiger partial charge >= 0.3 is 0 Å². The fraction of sp³-hybridized carbons (Fsp3) is 0.333. The summed E-state index contributed by atoms with van der Waals surface area (Å²) < 4.78 is 0.979. The molecule has 0 spiro atoms. The Hall–Kier alpha value is -1.88. The molecule has 120 valence electrons. The molecule has 0 unspecified atom stereocenters. The van der Waals surface area contributed by atoms with Crippen LogP contribution in [0.5, 0.6) is 0 Å². The van der Waals surface area contributed by atoms with Crippen LogP contribution in [-0.2, 0) is 0 Å². The largest absolute Gasteiger partial charge is 0.382 e. The van der Waals surface area contributed by atoms with E-state index in [1.807, 2.05) is 36.4 Å². The molecule has 1 fully saturated rings. The number of hydrogen-bond acceptors (Lipinski definition) is 3. The molecule has 1 amide bonds. The molecule has 1 aromatic heterocycles. The van der Waals surface area contributed by atoms with Gasteiger partial charge in [0.15, 0.2) is 0 Å². The van der Waals surface area contributed by atoms with Gasteiger partial charge in [0.2, 0.25) is 0 Å². The number of aromatic nitrogens is 1. The number of anilines is 2. The van der Waals surface area contributed by atoms with Crippen LogP contribution in [0.1, 0.15) is 42.6 Å². The van der Waals surface area contributed by atoms with Gasteiger partial charge in [0.1, 0.15) is 5.69 Å². The molecule has 23 heavy (non-hydrogen) atoms. The van der Waals surface area contributed by atoms with E-state index in [1.165, 1.54) is 32.1 Å². The minimum Gasteiger partial charge on any atom is -0.382 e. The van der Waals surface area contributed by atoms with Gasteiger partial charge in [0.05, 0.1) is 0 Å². The molecule has 0 bridgehead atoms. The van der Waals surface area contributed by atoms with Crippen LogP contribution in [0.15, 0.2) is 47.1 Å². The molecule has 2 N–H and O–H groups in total. The van der Waals surface area contributed by atoms with Crippen LogP contribution in [0, 0.1) is 0 Å². The number of halogens is 1. The van der Waals surface area contributed by atoms with Crippen molar-refractivity contribution in [2.24, 2.45) is 0 Å². The average molecular weight is 374 g/mol. The molecule has 0 radical (unpaired) electrons. The van der Waals surface area contributed by atoms with E-state index < -0.39 is 0 Å². The van der Waals surface area contributed by atoms with Crippen LogP contribution in [0.2, 0.25) is 0 Å². The summed E-state index contributed by atoms with van der Waals surface area (Å²) >= 11 is 3.38. The molecule has 0 aliphatic heterocycles. The van der Waals surface area contributed by atoms with Gasteiger partial charge in [0.25, 0.3) is 5.91 Å². The summed E-state index contributed by atoms with van der Waals surface area (Å²) in [7, 11) is 0. The van der Waals surface area contributed by atoms with Gasteiger partial charge in [-0.05, 0) is 49.2 Å². The zero-order valence-corrected chi connectivity index (χ0v) is 14.5. The molecule has 0 saturated heterocycles. The van der Waals surface area contributed by atoms with Crippen molar-refractivity contribution in [2.45, 2.75) is 38.1 Å². The number of amides is 1. The van der Waals surface area contributed by atoms with E-state index in [0.717, 1.165) is 15.8 Å². The fourth-order valence-corrected chi connectivity index (χ4v) is 3.12. The second-order valence-electron chi connectivity index (χ2n) is 5.87. The van der Waals surface area contributed by atoms with Crippen LogP contribution in [0.3, 0.4) is 0 Å². The maximum atomic E-state index is 12.3. The molecule has 2 aromatic rings. The highest BCUT2D eigenvalue weighted by atomic mass is 79.9. The van der Waals surface area contributed by atoms with Crippen molar-refractivity contribution in [3.8, 4) is 0 Å². The van der Waals surface area contributed by atoms with E-state index in [9.17, 15) is 4.79 Å². The topological polar surface area (TPSA) is 54.0 Å². The Labute approximate surface area is 144 Å². The highest BCUT2D eigenvalue weighted by Gasteiger charge is 2.14. The second kappa shape index (κ2) is 7.59. The summed E-state index contributed by atoms with van der Waals surface area (Å²) in [5.74, 6) is -0.195. The molecule has 1 aliphatic carbocycles. The summed E-state index contributed by atoms with van der Waals surface area (Å²) in [6.45, 7) is 0. The number of nitrogens with zero attached hydrogens (tertiary/aromatic N) is 1. The fourth-order valence-electron chi connectivity index (χ4n) is 2.86. The summed E-state index contributed by atoms with van der Waals surface area (Å²) in [6, 6.07) is 11.7. The van der Waals surface area contributed by atoms with Crippen LogP contribution in [0.25, 0.3) is 0 Å². The van der Waals surface area contributed by atoms with Gasteiger partial charge in [-0.1, -0.05) is 35.2 Å². The molecule has 1 aliphatic rings. The Kier molecular flexibility index (Phi) is 5.28. The number of nitrogens with one attached hydrogen (secondary N) is 2. The lowest BCUT2D eigenvalue weighted by atomic mass is 9.95. The molecule has 5 heteroatoms. The first-order valence-corrected chi connectivity index (χ1v) is 8.79. The third kappa shape index (κ3) is 4.55. The highest BCUT2D eigenvalue weighted by molar-refractivity contribution is 9.10. The van der Waals surface area contributed by atoms with Gasteiger partial charge < -0.3 is 10.6 Å². The lowest BCUT2D eigenvalue weighted by Gasteiger charge is -2.23. The minimum atomic E-state index is -0.195. The number of carbonyl (C=O) groups is 1. The van der Waals surface area contributed by atoms with Crippen LogP contribution in [0.4, 0.5) is 11.4 Å². The molecule has 4 nitrogen and oxygen atoms in total. The van der Waals surface area contributed by atoms with Crippen molar-refractivity contribution in [2.75, 3.05) is 10.6 Å². The van der Waals surface area contributed by atoms with Crippen molar-refractivity contribution in [1.29, 1.82) is 0 Å². The number of hydrogen-bond donors (Lipinski definition) is 2. The molecule has 1 heterocycles. The predicted octanol–water partition coefficient (Wildman–Crippen LogP) is 4.84. The normalized spacial score (nSPS) is 15.2. The van der Waals surface area contributed by atoms with Crippen molar-refractivity contribution >= 4 is 33.2 Å². The van der Waals surface area contributed by atoms with Gasteiger partial charge in [0, 0.05) is 28.1 Å². The third-order valence-electron chi connectivity index (χ3n) is 4.07. The molecule has 1 aromatic carbocycles. The molecule has 3 rings (SSSR count). The van der Waals surface area contributed by atoms with Gasteiger partial charge in [-0.25, -0.2) is 0 Å². The second-order valence-corrected chi connectivity index (χ2v) is 6.79. The number of rotatable bonds is 4. The van der Waals surface area contributed by atoms with E-state index in [2.05, 4.69) is 31.5 Å². The quantitative estimate of drug-likeness (QED) is 0.805. The smallest absolute Gasteiger partial charge is 0.274 e. The lowest BCUT2D eigenvalue weighted by molar-refractivity contribution is 0.102. The third-order valence-corrected chi connectivity index (χ3v) is 4.60. The van der Waals surface area contributed by atoms with Crippen LogP contribution in [-0.4, -0.2) is 16.9 Å². The number of pyridine rings is 1. The molecular weight excluding hydrogens is 354 g/mol. The van der Waals surface area contributed by atoms with Crippen LogP contribution < -0.4 is 10.6 Å². The molecule has 0 atom stereocenters. The SMILES string of the molecule is O=C(Nc1ccc(Br)cc1)c1cc(NC2CCCCC2)ccn1. The van der Waals surface area contributed by atoms with E-state index in [0.29, 0.717) is 11.7 Å². The first-order chi connectivity index (χ1) is 11.2. The Morgan fingerprint density at radius 1 is 1.04 bits per heavy atom. The molecular formula is C18H20BrN3O. The van der Waals surface area contributed by atoms with Crippen LogP contribution >= 0.6 is 15.9 Å². The summed E-state index contributed by atoms with van der Waals surface area (Å²) in [5.41, 5.74) is 2.15. The van der Waals surface area contributed by atoms with Crippen molar-refractivity contribution < 1.29 is 4.79 Å². The number of carbonyl (C=O) groups excluding carboxylic acids is 1. The summed E-state index contributed by atoms with van der Waals surface area (Å²) in [4.78, 5) is 16.5.